The highest BCUT2D eigenvalue weighted by atomic mass is 35.5. The van der Waals surface area contributed by atoms with Crippen LogP contribution in [0.15, 0.2) is 36.4 Å². The van der Waals surface area contributed by atoms with E-state index in [1.807, 2.05) is 25.1 Å². The molecule has 0 saturated heterocycles. The number of hydrogen-bond donors (Lipinski definition) is 1. The normalized spacial score (nSPS) is 14.0. The average molecular weight is 390 g/mol. The van der Waals surface area contributed by atoms with E-state index in [9.17, 15) is 4.79 Å². The fourth-order valence-corrected chi connectivity index (χ4v) is 3.25. The molecule has 0 aliphatic carbocycles. The van der Waals surface area contributed by atoms with Gasteiger partial charge in [0.15, 0.2) is 18.1 Å². The molecule has 0 bridgehead atoms. The number of amides is 1. The van der Waals surface area contributed by atoms with Crippen LogP contribution in [0.5, 0.6) is 17.2 Å². The first-order valence-corrected chi connectivity index (χ1v) is 9.39. The van der Waals surface area contributed by atoms with E-state index in [0.717, 1.165) is 16.9 Å². The lowest BCUT2D eigenvalue weighted by Crippen LogP contribution is -2.35. The minimum atomic E-state index is -0.182. The summed E-state index contributed by atoms with van der Waals surface area (Å²) in [6.07, 6.45) is 0. The summed E-state index contributed by atoms with van der Waals surface area (Å²) < 4.78 is 16.9. The molecule has 1 aliphatic heterocycles. The summed E-state index contributed by atoms with van der Waals surface area (Å²) in [7, 11) is 0. The lowest BCUT2D eigenvalue weighted by atomic mass is 9.95. The second-order valence-electron chi connectivity index (χ2n) is 6.89. The van der Waals surface area contributed by atoms with Gasteiger partial charge in [-0.05, 0) is 54.3 Å². The van der Waals surface area contributed by atoms with Crippen molar-refractivity contribution in [2.45, 2.75) is 26.8 Å². The third kappa shape index (κ3) is 4.86. The molecule has 0 spiro atoms. The number of rotatable bonds is 6. The SMILES string of the molecule is Cc1cc(Cl)ccc1OCC(=O)N[C@@H](c1ccc2c(c1)OCCO2)C(C)C. The van der Waals surface area contributed by atoms with E-state index in [2.05, 4.69) is 19.2 Å². The van der Waals surface area contributed by atoms with E-state index in [1.165, 1.54) is 0 Å². The molecular weight excluding hydrogens is 366 g/mol. The van der Waals surface area contributed by atoms with Crippen molar-refractivity contribution in [1.29, 1.82) is 0 Å². The standard InChI is InChI=1S/C21H24ClNO4/c1-13(2)21(15-4-6-18-19(11-15)26-9-8-25-18)23-20(24)12-27-17-7-5-16(22)10-14(17)3/h4-7,10-11,13,21H,8-9,12H2,1-3H3,(H,23,24)/t21-/m1/s1. The van der Waals surface area contributed by atoms with Crippen molar-refractivity contribution in [2.24, 2.45) is 5.92 Å². The van der Waals surface area contributed by atoms with Crippen molar-refractivity contribution in [3.05, 3.63) is 52.5 Å². The number of benzene rings is 2. The van der Waals surface area contributed by atoms with Gasteiger partial charge in [-0.25, -0.2) is 0 Å². The van der Waals surface area contributed by atoms with Crippen molar-refractivity contribution in [1.82, 2.24) is 5.32 Å². The molecule has 27 heavy (non-hydrogen) atoms. The van der Waals surface area contributed by atoms with Crippen LogP contribution in [-0.2, 0) is 4.79 Å². The Kier molecular flexibility index (Phi) is 6.11. The maximum absolute atomic E-state index is 12.5. The van der Waals surface area contributed by atoms with Crippen LogP contribution in [0.1, 0.15) is 31.0 Å². The van der Waals surface area contributed by atoms with Crippen LogP contribution in [0.25, 0.3) is 0 Å². The predicted molar refractivity (Wildman–Crippen MR) is 105 cm³/mol. The van der Waals surface area contributed by atoms with Crippen LogP contribution >= 0.6 is 11.6 Å². The van der Waals surface area contributed by atoms with E-state index >= 15 is 0 Å². The molecule has 0 radical (unpaired) electrons. The fourth-order valence-electron chi connectivity index (χ4n) is 3.02. The molecule has 1 heterocycles. The third-order valence-corrected chi connectivity index (χ3v) is 4.64. The topological polar surface area (TPSA) is 56.8 Å². The summed E-state index contributed by atoms with van der Waals surface area (Å²) in [6.45, 7) is 7.04. The molecule has 2 aromatic rings. The molecule has 144 valence electrons. The number of halogens is 1. The van der Waals surface area contributed by atoms with Crippen LogP contribution in [0.4, 0.5) is 0 Å². The molecule has 1 atom stereocenters. The Morgan fingerprint density at radius 1 is 1.15 bits per heavy atom. The van der Waals surface area contributed by atoms with E-state index in [0.29, 0.717) is 29.7 Å². The highest BCUT2D eigenvalue weighted by Gasteiger charge is 2.21. The minimum absolute atomic E-state index is 0.0593. The van der Waals surface area contributed by atoms with Crippen LogP contribution in [0.3, 0.4) is 0 Å². The Labute approximate surface area is 164 Å². The Morgan fingerprint density at radius 2 is 1.89 bits per heavy atom. The molecule has 0 saturated carbocycles. The first-order valence-electron chi connectivity index (χ1n) is 9.02. The molecule has 0 unspecified atom stereocenters. The Balaban J connectivity index is 1.66. The van der Waals surface area contributed by atoms with Gasteiger partial charge in [-0.2, -0.15) is 0 Å². The molecule has 2 aromatic carbocycles. The Bertz CT molecular complexity index is 822. The molecule has 5 nitrogen and oxygen atoms in total. The summed E-state index contributed by atoms with van der Waals surface area (Å²) in [4.78, 5) is 12.5. The second kappa shape index (κ2) is 8.53. The smallest absolute Gasteiger partial charge is 0.258 e. The Morgan fingerprint density at radius 3 is 2.59 bits per heavy atom. The van der Waals surface area contributed by atoms with E-state index in [-0.39, 0.29) is 24.5 Å². The third-order valence-electron chi connectivity index (χ3n) is 4.40. The first kappa shape index (κ1) is 19.4. The largest absolute Gasteiger partial charge is 0.486 e. The zero-order valence-electron chi connectivity index (χ0n) is 15.8. The van der Waals surface area contributed by atoms with Gasteiger partial charge in [0.2, 0.25) is 0 Å². The number of aryl methyl sites for hydroxylation is 1. The predicted octanol–water partition coefficient (Wildman–Crippen LogP) is 4.31. The quantitative estimate of drug-likeness (QED) is 0.799. The monoisotopic (exact) mass is 389 g/mol. The number of hydrogen-bond acceptors (Lipinski definition) is 4. The minimum Gasteiger partial charge on any atom is -0.486 e. The zero-order chi connectivity index (χ0) is 19.4. The second-order valence-corrected chi connectivity index (χ2v) is 7.33. The number of carbonyl (C=O) groups excluding carboxylic acids is 1. The molecule has 0 fully saturated rings. The summed E-state index contributed by atoms with van der Waals surface area (Å²) in [5.41, 5.74) is 1.87. The van der Waals surface area contributed by atoms with Gasteiger partial charge < -0.3 is 19.5 Å². The number of ether oxygens (including phenoxy) is 3. The molecule has 0 aromatic heterocycles. The maximum Gasteiger partial charge on any atom is 0.258 e. The van der Waals surface area contributed by atoms with Gasteiger partial charge in [-0.1, -0.05) is 31.5 Å². The van der Waals surface area contributed by atoms with E-state index < -0.39 is 0 Å². The van der Waals surface area contributed by atoms with Crippen molar-refractivity contribution < 1.29 is 19.0 Å². The van der Waals surface area contributed by atoms with Crippen molar-refractivity contribution >= 4 is 17.5 Å². The van der Waals surface area contributed by atoms with Gasteiger partial charge >= 0.3 is 0 Å². The zero-order valence-corrected chi connectivity index (χ0v) is 16.5. The molecule has 1 N–H and O–H groups in total. The molecule has 1 amide bonds. The van der Waals surface area contributed by atoms with Gasteiger partial charge in [0.05, 0.1) is 6.04 Å². The van der Waals surface area contributed by atoms with Gasteiger partial charge in [0.1, 0.15) is 19.0 Å². The Hall–Kier alpha value is -2.40. The fraction of sp³-hybridized carbons (Fsp3) is 0.381. The molecular formula is C21H24ClNO4. The first-order chi connectivity index (χ1) is 12.9. The molecule has 3 rings (SSSR count). The summed E-state index contributed by atoms with van der Waals surface area (Å²) >= 11 is 5.95. The summed E-state index contributed by atoms with van der Waals surface area (Å²) in [5.74, 6) is 2.12. The summed E-state index contributed by atoms with van der Waals surface area (Å²) in [5, 5.41) is 3.70. The van der Waals surface area contributed by atoms with Crippen LogP contribution in [0.2, 0.25) is 5.02 Å². The molecule has 6 heteroatoms. The number of fused-ring (bicyclic) bond motifs is 1. The number of carbonyl (C=O) groups is 1. The van der Waals surface area contributed by atoms with Crippen LogP contribution in [0, 0.1) is 12.8 Å². The highest BCUT2D eigenvalue weighted by Crippen LogP contribution is 2.34. The van der Waals surface area contributed by atoms with Gasteiger partial charge in [0.25, 0.3) is 5.91 Å². The number of nitrogens with one attached hydrogen (secondary N) is 1. The van der Waals surface area contributed by atoms with Crippen molar-refractivity contribution in [3.8, 4) is 17.2 Å². The van der Waals surface area contributed by atoms with E-state index in [1.54, 1.807) is 18.2 Å². The van der Waals surface area contributed by atoms with Crippen LogP contribution in [-0.4, -0.2) is 25.7 Å². The van der Waals surface area contributed by atoms with Gasteiger partial charge in [0, 0.05) is 5.02 Å². The lowest BCUT2D eigenvalue weighted by molar-refractivity contribution is -0.124. The summed E-state index contributed by atoms with van der Waals surface area (Å²) in [6, 6.07) is 11.0. The highest BCUT2D eigenvalue weighted by molar-refractivity contribution is 6.30. The van der Waals surface area contributed by atoms with Gasteiger partial charge in [-0.3, -0.25) is 4.79 Å². The van der Waals surface area contributed by atoms with Crippen molar-refractivity contribution in [3.63, 3.8) is 0 Å². The average Bonchev–Trinajstić information content (AvgIpc) is 2.65. The molecule has 1 aliphatic rings. The van der Waals surface area contributed by atoms with E-state index in [4.69, 9.17) is 25.8 Å². The van der Waals surface area contributed by atoms with Crippen molar-refractivity contribution in [2.75, 3.05) is 19.8 Å². The van der Waals surface area contributed by atoms with Crippen LogP contribution < -0.4 is 19.5 Å². The van der Waals surface area contributed by atoms with Gasteiger partial charge in [-0.15, -0.1) is 0 Å². The lowest BCUT2D eigenvalue weighted by Gasteiger charge is -2.25. The maximum atomic E-state index is 12.5.